The van der Waals surface area contributed by atoms with Crippen molar-refractivity contribution in [2.45, 2.75) is 39.7 Å². The molecule has 0 radical (unpaired) electrons. The van der Waals surface area contributed by atoms with Crippen LogP contribution < -0.4 is 11.2 Å². The van der Waals surface area contributed by atoms with Gasteiger partial charge in [-0.3, -0.25) is 14.3 Å². The number of aromatic amines is 1. The highest BCUT2D eigenvalue weighted by molar-refractivity contribution is 5.25. The molecule has 108 valence electrons. The molecular formula is C12H16N4O4. The van der Waals surface area contributed by atoms with Crippen LogP contribution in [0.5, 0.6) is 5.88 Å². The fourth-order valence-corrected chi connectivity index (χ4v) is 1.96. The van der Waals surface area contributed by atoms with Crippen LogP contribution in [0.25, 0.3) is 0 Å². The summed E-state index contributed by atoms with van der Waals surface area (Å²) in [5.41, 5.74) is -1.03. The number of hydrogen-bond donors (Lipinski definition) is 2. The molecule has 2 aromatic heterocycles. The summed E-state index contributed by atoms with van der Waals surface area (Å²) in [5.74, 6) is 0.360. The minimum atomic E-state index is -0.655. The van der Waals surface area contributed by atoms with Gasteiger partial charge in [-0.15, -0.1) is 0 Å². The molecule has 8 nitrogen and oxygen atoms in total. The Balaban J connectivity index is 2.34. The summed E-state index contributed by atoms with van der Waals surface area (Å²) in [5, 5.41) is 13.8. The first-order valence-electron chi connectivity index (χ1n) is 6.25. The molecule has 0 saturated heterocycles. The molecule has 0 amide bonds. The van der Waals surface area contributed by atoms with Crippen molar-refractivity contribution in [1.29, 1.82) is 0 Å². The predicted octanol–water partition coefficient (Wildman–Crippen LogP) is 0.300. The van der Waals surface area contributed by atoms with E-state index in [4.69, 9.17) is 4.52 Å². The maximum atomic E-state index is 11.7. The molecule has 0 aromatic carbocycles. The predicted molar refractivity (Wildman–Crippen MR) is 69.8 cm³/mol. The zero-order chi connectivity index (χ0) is 14.9. The first-order chi connectivity index (χ1) is 9.40. The van der Waals surface area contributed by atoms with Gasteiger partial charge in [-0.2, -0.15) is 4.98 Å². The molecule has 2 aromatic rings. The molecule has 0 aliphatic carbocycles. The van der Waals surface area contributed by atoms with Gasteiger partial charge >= 0.3 is 5.69 Å². The summed E-state index contributed by atoms with van der Waals surface area (Å²) in [6.07, 6.45) is 0.314. The maximum Gasteiger partial charge on any atom is 0.331 e. The average molecular weight is 280 g/mol. The molecule has 2 heterocycles. The van der Waals surface area contributed by atoms with Crippen molar-refractivity contribution in [3.05, 3.63) is 38.1 Å². The van der Waals surface area contributed by atoms with Gasteiger partial charge in [-0.05, 0) is 5.92 Å². The number of nitrogens with one attached hydrogen (secondary N) is 1. The van der Waals surface area contributed by atoms with Crippen molar-refractivity contribution in [2.75, 3.05) is 0 Å². The zero-order valence-corrected chi connectivity index (χ0v) is 11.5. The molecule has 0 aliphatic heterocycles. The van der Waals surface area contributed by atoms with Crippen molar-refractivity contribution in [1.82, 2.24) is 19.7 Å². The third-order valence-electron chi connectivity index (χ3n) is 2.91. The highest BCUT2D eigenvalue weighted by atomic mass is 16.5. The summed E-state index contributed by atoms with van der Waals surface area (Å²) in [7, 11) is 0. The van der Waals surface area contributed by atoms with E-state index in [2.05, 4.69) is 15.1 Å². The Labute approximate surface area is 114 Å². The zero-order valence-electron chi connectivity index (χ0n) is 11.5. The topological polar surface area (TPSA) is 114 Å². The Morgan fingerprint density at radius 3 is 2.65 bits per heavy atom. The molecule has 20 heavy (non-hydrogen) atoms. The van der Waals surface area contributed by atoms with E-state index in [-0.39, 0.29) is 23.9 Å². The van der Waals surface area contributed by atoms with Crippen LogP contribution in [0, 0.1) is 6.92 Å². The Hall–Kier alpha value is -2.38. The first kappa shape index (κ1) is 14.0. The summed E-state index contributed by atoms with van der Waals surface area (Å²) < 4.78 is 5.93. The summed E-state index contributed by atoms with van der Waals surface area (Å²) in [6.45, 7) is 5.35. The molecule has 2 rings (SSSR count). The van der Waals surface area contributed by atoms with Gasteiger partial charge in [0.05, 0.1) is 5.56 Å². The van der Waals surface area contributed by atoms with E-state index in [9.17, 15) is 14.7 Å². The molecule has 0 atom stereocenters. The monoisotopic (exact) mass is 280 g/mol. The highest BCUT2D eigenvalue weighted by Gasteiger charge is 2.17. The van der Waals surface area contributed by atoms with Crippen molar-refractivity contribution < 1.29 is 9.63 Å². The third kappa shape index (κ3) is 2.63. The van der Waals surface area contributed by atoms with Gasteiger partial charge < -0.3 is 9.63 Å². The molecule has 0 spiro atoms. The first-order valence-corrected chi connectivity index (χ1v) is 6.25. The minimum absolute atomic E-state index is 0.153. The number of H-pyrrole nitrogens is 1. The van der Waals surface area contributed by atoms with Crippen LogP contribution in [0.2, 0.25) is 0 Å². The summed E-state index contributed by atoms with van der Waals surface area (Å²) >= 11 is 0. The number of aromatic hydroxyl groups is 1. The molecule has 0 unspecified atom stereocenters. The van der Waals surface area contributed by atoms with Crippen LogP contribution in [0.1, 0.15) is 37.0 Å². The lowest BCUT2D eigenvalue weighted by molar-refractivity contribution is 0.376. The van der Waals surface area contributed by atoms with Crippen LogP contribution >= 0.6 is 0 Å². The quantitative estimate of drug-likeness (QED) is 0.832. The Morgan fingerprint density at radius 1 is 1.40 bits per heavy atom. The molecule has 8 heteroatoms. The second-order valence-corrected chi connectivity index (χ2v) is 4.78. The SMILES string of the molecule is Cc1nc(CCn2c(O)c(C(C)C)c(=O)[nH]c2=O)no1. The van der Waals surface area contributed by atoms with Gasteiger partial charge in [-0.1, -0.05) is 19.0 Å². The third-order valence-corrected chi connectivity index (χ3v) is 2.91. The number of hydrogen-bond acceptors (Lipinski definition) is 6. The Morgan fingerprint density at radius 2 is 2.10 bits per heavy atom. The van der Waals surface area contributed by atoms with Gasteiger partial charge in [0.1, 0.15) is 0 Å². The van der Waals surface area contributed by atoms with E-state index < -0.39 is 11.2 Å². The number of nitrogens with zero attached hydrogens (tertiary/aromatic N) is 3. The minimum Gasteiger partial charge on any atom is -0.494 e. The summed E-state index contributed by atoms with van der Waals surface area (Å²) in [6, 6.07) is 0. The average Bonchev–Trinajstić information content (AvgIpc) is 2.73. The van der Waals surface area contributed by atoms with Crippen molar-refractivity contribution in [3.63, 3.8) is 0 Å². The molecule has 0 aliphatic rings. The molecule has 0 saturated carbocycles. The normalized spacial score (nSPS) is 11.2. The van der Waals surface area contributed by atoms with Crippen molar-refractivity contribution in [2.24, 2.45) is 0 Å². The van der Waals surface area contributed by atoms with Crippen molar-refractivity contribution >= 4 is 0 Å². The molecule has 0 bridgehead atoms. The number of aromatic nitrogens is 4. The molecular weight excluding hydrogens is 264 g/mol. The van der Waals surface area contributed by atoms with Crippen LogP contribution in [0.15, 0.2) is 14.1 Å². The van der Waals surface area contributed by atoms with Crippen LogP contribution in [0.4, 0.5) is 0 Å². The second-order valence-electron chi connectivity index (χ2n) is 4.78. The van der Waals surface area contributed by atoms with Gasteiger partial charge in [0.15, 0.2) is 5.82 Å². The largest absolute Gasteiger partial charge is 0.494 e. The van der Waals surface area contributed by atoms with Gasteiger partial charge in [-0.25, -0.2) is 4.79 Å². The van der Waals surface area contributed by atoms with E-state index in [1.54, 1.807) is 20.8 Å². The maximum absolute atomic E-state index is 11.7. The smallest absolute Gasteiger partial charge is 0.331 e. The van der Waals surface area contributed by atoms with Gasteiger partial charge in [0.25, 0.3) is 5.56 Å². The van der Waals surface area contributed by atoms with Crippen LogP contribution in [0.3, 0.4) is 0 Å². The fraction of sp³-hybridized carbons (Fsp3) is 0.500. The number of rotatable bonds is 4. The lowest BCUT2D eigenvalue weighted by Crippen LogP contribution is -2.33. The molecule has 0 fully saturated rings. The molecule has 2 N–H and O–H groups in total. The second kappa shape index (κ2) is 5.32. The van der Waals surface area contributed by atoms with Crippen LogP contribution in [-0.4, -0.2) is 24.8 Å². The highest BCUT2D eigenvalue weighted by Crippen LogP contribution is 2.19. The van der Waals surface area contributed by atoms with Crippen LogP contribution in [-0.2, 0) is 13.0 Å². The van der Waals surface area contributed by atoms with Gasteiger partial charge in [0, 0.05) is 19.9 Å². The Bertz CT molecular complexity index is 726. The van der Waals surface area contributed by atoms with E-state index >= 15 is 0 Å². The van der Waals surface area contributed by atoms with E-state index in [0.29, 0.717) is 18.1 Å². The van der Waals surface area contributed by atoms with E-state index in [1.165, 1.54) is 0 Å². The van der Waals surface area contributed by atoms with Gasteiger partial charge in [0.2, 0.25) is 11.8 Å². The van der Waals surface area contributed by atoms with Crippen molar-refractivity contribution in [3.8, 4) is 5.88 Å². The summed E-state index contributed by atoms with van der Waals surface area (Å²) in [4.78, 5) is 29.6. The van der Waals surface area contributed by atoms with E-state index in [1.807, 2.05) is 0 Å². The number of aryl methyl sites for hydroxylation is 2. The Kier molecular flexibility index (Phi) is 3.73. The fourth-order valence-electron chi connectivity index (χ4n) is 1.96. The lowest BCUT2D eigenvalue weighted by atomic mass is 10.1. The van der Waals surface area contributed by atoms with E-state index in [0.717, 1.165) is 4.57 Å². The standard InChI is InChI=1S/C12H16N4O4/c1-6(2)9-10(17)14-12(19)16(11(9)18)5-4-8-13-7(3)20-15-8/h6,18H,4-5H2,1-3H3,(H,14,17,19). The lowest BCUT2D eigenvalue weighted by Gasteiger charge is -2.12.